The SMILES string of the molecule is C1CCC(OCC2CNCO2)C1. The number of hydrogen-bond donors (Lipinski definition) is 1. The molecular formula is C9H17NO2. The molecule has 1 aliphatic carbocycles. The molecule has 70 valence electrons. The van der Waals surface area contributed by atoms with Gasteiger partial charge in [-0.15, -0.1) is 0 Å². The van der Waals surface area contributed by atoms with Crippen LogP contribution in [0.1, 0.15) is 25.7 Å². The van der Waals surface area contributed by atoms with E-state index < -0.39 is 0 Å². The predicted molar refractivity (Wildman–Crippen MR) is 46.0 cm³/mol. The third kappa shape index (κ3) is 2.19. The van der Waals surface area contributed by atoms with E-state index in [1.807, 2.05) is 0 Å². The first-order valence-electron chi connectivity index (χ1n) is 4.89. The Balaban J connectivity index is 1.60. The van der Waals surface area contributed by atoms with Gasteiger partial charge in [0, 0.05) is 6.54 Å². The van der Waals surface area contributed by atoms with Crippen LogP contribution >= 0.6 is 0 Å². The van der Waals surface area contributed by atoms with E-state index in [4.69, 9.17) is 9.47 Å². The van der Waals surface area contributed by atoms with Gasteiger partial charge in [-0.1, -0.05) is 12.8 Å². The molecule has 2 aliphatic rings. The first kappa shape index (κ1) is 8.48. The van der Waals surface area contributed by atoms with Crippen molar-refractivity contribution < 1.29 is 9.47 Å². The normalized spacial score (nSPS) is 31.5. The molecule has 0 aromatic carbocycles. The molecule has 2 rings (SSSR count). The number of hydrogen-bond acceptors (Lipinski definition) is 3. The Bertz CT molecular complexity index is 112. The fraction of sp³-hybridized carbons (Fsp3) is 1.00. The third-order valence-electron chi connectivity index (χ3n) is 2.61. The Morgan fingerprint density at radius 2 is 2.17 bits per heavy atom. The first-order chi connectivity index (χ1) is 5.95. The summed E-state index contributed by atoms with van der Waals surface area (Å²) >= 11 is 0. The average molecular weight is 171 g/mol. The van der Waals surface area contributed by atoms with Crippen LogP contribution in [-0.2, 0) is 9.47 Å². The van der Waals surface area contributed by atoms with E-state index in [1.165, 1.54) is 25.7 Å². The summed E-state index contributed by atoms with van der Waals surface area (Å²) in [6.45, 7) is 2.42. The maximum absolute atomic E-state index is 5.72. The van der Waals surface area contributed by atoms with Crippen molar-refractivity contribution in [3.05, 3.63) is 0 Å². The van der Waals surface area contributed by atoms with Gasteiger partial charge in [0.15, 0.2) is 0 Å². The van der Waals surface area contributed by atoms with Gasteiger partial charge in [0.05, 0.1) is 25.5 Å². The molecule has 1 N–H and O–H groups in total. The standard InChI is InChI=1S/C9H17NO2/c1-2-4-8(3-1)11-6-9-5-10-7-12-9/h8-10H,1-7H2. The Morgan fingerprint density at radius 1 is 1.33 bits per heavy atom. The number of nitrogens with one attached hydrogen (secondary N) is 1. The van der Waals surface area contributed by atoms with E-state index >= 15 is 0 Å². The van der Waals surface area contributed by atoms with Crippen LogP contribution in [0, 0.1) is 0 Å². The van der Waals surface area contributed by atoms with Crippen molar-refractivity contribution in [1.29, 1.82) is 0 Å². The summed E-state index contributed by atoms with van der Waals surface area (Å²) < 4.78 is 11.1. The minimum atomic E-state index is 0.297. The van der Waals surface area contributed by atoms with Crippen LogP contribution in [0.5, 0.6) is 0 Å². The Labute approximate surface area is 73.4 Å². The number of rotatable bonds is 3. The van der Waals surface area contributed by atoms with E-state index in [2.05, 4.69) is 5.32 Å². The fourth-order valence-corrected chi connectivity index (χ4v) is 1.86. The summed E-state index contributed by atoms with van der Waals surface area (Å²) in [6.07, 6.45) is 6.00. The summed E-state index contributed by atoms with van der Waals surface area (Å²) in [4.78, 5) is 0. The number of ether oxygens (including phenoxy) is 2. The van der Waals surface area contributed by atoms with Gasteiger partial charge in [-0.25, -0.2) is 0 Å². The predicted octanol–water partition coefficient (Wildman–Crippen LogP) is 0.891. The molecule has 1 atom stereocenters. The highest BCUT2D eigenvalue weighted by Gasteiger charge is 2.19. The third-order valence-corrected chi connectivity index (χ3v) is 2.61. The van der Waals surface area contributed by atoms with Crippen molar-refractivity contribution in [2.75, 3.05) is 19.9 Å². The second kappa shape index (κ2) is 4.21. The van der Waals surface area contributed by atoms with Crippen molar-refractivity contribution in [2.24, 2.45) is 0 Å². The molecule has 12 heavy (non-hydrogen) atoms. The average Bonchev–Trinajstić information content (AvgIpc) is 2.74. The van der Waals surface area contributed by atoms with Crippen molar-refractivity contribution in [3.63, 3.8) is 0 Å². The van der Waals surface area contributed by atoms with Crippen LogP contribution < -0.4 is 5.32 Å². The van der Waals surface area contributed by atoms with Gasteiger partial charge in [0.2, 0.25) is 0 Å². The van der Waals surface area contributed by atoms with E-state index in [1.54, 1.807) is 0 Å². The molecule has 2 fully saturated rings. The maximum atomic E-state index is 5.72. The molecule has 1 aliphatic heterocycles. The molecule has 1 unspecified atom stereocenters. The monoisotopic (exact) mass is 171 g/mol. The van der Waals surface area contributed by atoms with Crippen molar-refractivity contribution in [1.82, 2.24) is 5.32 Å². The van der Waals surface area contributed by atoms with Crippen LogP contribution in [0.2, 0.25) is 0 Å². The molecule has 0 radical (unpaired) electrons. The zero-order valence-corrected chi connectivity index (χ0v) is 7.42. The lowest BCUT2D eigenvalue weighted by molar-refractivity contribution is -0.0143. The molecule has 1 saturated carbocycles. The van der Waals surface area contributed by atoms with Gasteiger partial charge in [-0.2, -0.15) is 0 Å². The smallest absolute Gasteiger partial charge is 0.0971 e. The molecular weight excluding hydrogens is 154 g/mol. The summed E-state index contributed by atoms with van der Waals surface area (Å²) in [7, 11) is 0. The molecule has 1 saturated heterocycles. The molecule has 3 nitrogen and oxygen atoms in total. The van der Waals surface area contributed by atoms with Gasteiger partial charge in [-0.3, -0.25) is 5.32 Å². The largest absolute Gasteiger partial charge is 0.375 e. The molecule has 0 amide bonds. The van der Waals surface area contributed by atoms with Gasteiger partial charge in [-0.05, 0) is 12.8 Å². The summed E-state index contributed by atoms with van der Waals surface area (Å²) in [5.74, 6) is 0. The summed E-state index contributed by atoms with van der Waals surface area (Å²) in [5.41, 5.74) is 0. The fourth-order valence-electron chi connectivity index (χ4n) is 1.86. The van der Waals surface area contributed by atoms with Crippen LogP contribution in [0.3, 0.4) is 0 Å². The molecule has 0 aromatic rings. The lowest BCUT2D eigenvalue weighted by Crippen LogP contribution is -2.23. The highest BCUT2D eigenvalue weighted by Crippen LogP contribution is 2.21. The quantitative estimate of drug-likeness (QED) is 0.684. The highest BCUT2D eigenvalue weighted by atomic mass is 16.5. The van der Waals surface area contributed by atoms with E-state index in [0.717, 1.165) is 13.2 Å². The van der Waals surface area contributed by atoms with Crippen molar-refractivity contribution in [2.45, 2.75) is 37.9 Å². The van der Waals surface area contributed by atoms with Crippen LogP contribution in [0.15, 0.2) is 0 Å². The Kier molecular flexibility index (Phi) is 2.98. The maximum Gasteiger partial charge on any atom is 0.0971 e. The van der Waals surface area contributed by atoms with Gasteiger partial charge in [0.1, 0.15) is 0 Å². The molecule has 0 aromatic heterocycles. The van der Waals surface area contributed by atoms with E-state index in [0.29, 0.717) is 18.9 Å². The second-order valence-electron chi connectivity index (χ2n) is 3.63. The topological polar surface area (TPSA) is 30.5 Å². The molecule has 1 heterocycles. The first-order valence-corrected chi connectivity index (χ1v) is 4.89. The van der Waals surface area contributed by atoms with E-state index in [9.17, 15) is 0 Å². The van der Waals surface area contributed by atoms with Gasteiger partial charge >= 0.3 is 0 Å². The molecule has 3 heteroatoms. The zero-order valence-electron chi connectivity index (χ0n) is 7.42. The zero-order chi connectivity index (χ0) is 8.23. The minimum absolute atomic E-state index is 0.297. The Hall–Kier alpha value is -0.120. The van der Waals surface area contributed by atoms with E-state index in [-0.39, 0.29) is 0 Å². The molecule has 0 spiro atoms. The molecule has 0 bridgehead atoms. The van der Waals surface area contributed by atoms with Crippen LogP contribution in [0.4, 0.5) is 0 Å². The van der Waals surface area contributed by atoms with Crippen LogP contribution in [-0.4, -0.2) is 32.1 Å². The lowest BCUT2D eigenvalue weighted by Gasteiger charge is -2.13. The summed E-state index contributed by atoms with van der Waals surface area (Å²) in [6, 6.07) is 0. The second-order valence-corrected chi connectivity index (χ2v) is 3.63. The highest BCUT2D eigenvalue weighted by molar-refractivity contribution is 4.70. The van der Waals surface area contributed by atoms with Crippen LogP contribution in [0.25, 0.3) is 0 Å². The van der Waals surface area contributed by atoms with Gasteiger partial charge in [0.25, 0.3) is 0 Å². The summed E-state index contributed by atoms with van der Waals surface area (Å²) in [5, 5.41) is 3.15. The Morgan fingerprint density at radius 3 is 2.83 bits per heavy atom. The van der Waals surface area contributed by atoms with Gasteiger partial charge < -0.3 is 9.47 Å². The lowest BCUT2D eigenvalue weighted by atomic mass is 10.3. The van der Waals surface area contributed by atoms with Crippen molar-refractivity contribution in [3.8, 4) is 0 Å². The minimum Gasteiger partial charge on any atom is -0.375 e. The van der Waals surface area contributed by atoms with Crippen molar-refractivity contribution >= 4 is 0 Å².